The Kier molecular flexibility index (Phi) is 6.38. The van der Waals surface area contributed by atoms with Crippen molar-refractivity contribution < 1.29 is 4.79 Å². The summed E-state index contributed by atoms with van der Waals surface area (Å²) in [5.41, 5.74) is 1.47. The first-order valence-electron chi connectivity index (χ1n) is 5.76. The first-order chi connectivity index (χ1) is 8.16. The number of nitrogens with one attached hydrogen (secondary N) is 1. The van der Waals surface area contributed by atoms with Crippen LogP contribution in [0.15, 0.2) is 18.2 Å². The first kappa shape index (κ1) is 14.3. The minimum atomic E-state index is -0.0594. The number of alkyl halides is 1. The Balaban J connectivity index is 2.44. The van der Waals surface area contributed by atoms with Gasteiger partial charge >= 0.3 is 0 Å². The smallest absolute Gasteiger partial charge is 0.251 e. The predicted octanol–water partition coefficient (Wildman–Crippen LogP) is 3.79. The summed E-state index contributed by atoms with van der Waals surface area (Å²) in [6.07, 6.45) is 2.99. The normalized spacial score (nSPS) is 10.3. The highest BCUT2D eigenvalue weighted by atomic mass is 35.5. The largest absolute Gasteiger partial charge is 0.352 e. The van der Waals surface area contributed by atoms with E-state index in [1.165, 1.54) is 0 Å². The van der Waals surface area contributed by atoms with Crippen LogP contribution >= 0.6 is 23.2 Å². The molecule has 1 aromatic rings. The molecule has 0 unspecified atom stereocenters. The molecule has 1 rings (SSSR count). The Bertz CT molecular complexity index is 380. The molecule has 0 bridgehead atoms. The molecule has 0 saturated carbocycles. The molecule has 0 aliphatic heterocycles. The third kappa shape index (κ3) is 4.57. The van der Waals surface area contributed by atoms with Gasteiger partial charge in [-0.1, -0.05) is 24.1 Å². The van der Waals surface area contributed by atoms with Crippen LogP contribution in [0.5, 0.6) is 0 Å². The van der Waals surface area contributed by atoms with E-state index in [1.807, 2.05) is 6.92 Å². The van der Waals surface area contributed by atoms with Gasteiger partial charge in [-0.25, -0.2) is 0 Å². The number of hydrogen-bond acceptors (Lipinski definition) is 1. The molecule has 0 heterocycles. The lowest BCUT2D eigenvalue weighted by atomic mass is 10.1. The third-order valence-electron chi connectivity index (χ3n) is 2.61. The van der Waals surface area contributed by atoms with Crippen LogP contribution in [-0.4, -0.2) is 18.3 Å². The Morgan fingerprint density at radius 1 is 1.29 bits per heavy atom. The second-order valence-electron chi connectivity index (χ2n) is 3.92. The highest BCUT2D eigenvalue weighted by Crippen LogP contribution is 2.18. The molecule has 2 nitrogen and oxygen atoms in total. The van der Waals surface area contributed by atoms with Gasteiger partial charge in [-0.2, -0.15) is 0 Å². The van der Waals surface area contributed by atoms with Gasteiger partial charge in [0.2, 0.25) is 0 Å². The molecule has 1 aromatic carbocycles. The van der Waals surface area contributed by atoms with E-state index in [2.05, 4.69) is 5.32 Å². The van der Waals surface area contributed by atoms with E-state index in [1.54, 1.807) is 18.2 Å². The first-order valence-corrected chi connectivity index (χ1v) is 6.67. The zero-order valence-corrected chi connectivity index (χ0v) is 11.4. The Hall–Kier alpha value is -0.730. The number of halogens is 2. The number of benzene rings is 1. The number of rotatable bonds is 6. The van der Waals surface area contributed by atoms with Crippen LogP contribution < -0.4 is 5.32 Å². The van der Waals surface area contributed by atoms with Crippen LogP contribution in [0.25, 0.3) is 0 Å². The Labute approximate surface area is 112 Å². The number of amides is 1. The molecule has 0 spiro atoms. The van der Waals surface area contributed by atoms with Crippen LogP contribution in [0.1, 0.15) is 35.2 Å². The van der Waals surface area contributed by atoms with E-state index in [-0.39, 0.29) is 5.91 Å². The van der Waals surface area contributed by atoms with Crippen molar-refractivity contribution in [3.63, 3.8) is 0 Å². The van der Waals surface area contributed by atoms with Crippen molar-refractivity contribution >= 4 is 29.1 Å². The van der Waals surface area contributed by atoms with Gasteiger partial charge in [-0.3, -0.25) is 4.79 Å². The average Bonchev–Trinajstić information content (AvgIpc) is 2.32. The minimum absolute atomic E-state index is 0.0594. The van der Waals surface area contributed by atoms with Crippen molar-refractivity contribution in [2.75, 3.05) is 12.4 Å². The number of carbonyl (C=O) groups is 1. The lowest BCUT2D eigenvalue weighted by molar-refractivity contribution is 0.0952. The van der Waals surface area contributed by atoms with Crippen molar-refractivity contribution in [2.24, 2.45) is 0 Å². The molecule has 1 amide bonds. The summed E-state index contributed by atoms with van der Waals surface area (Å²) in [7, 11) is 0. The van der Waals surface area contributed by atoms with Gasteiger partial charge in [-0.15, -0.1) is 11.6 Å². The van der Waals surface area contributed by atoms with Crippen LogP contribution in [-0.2, 0) is 0 Å². The van der Waals surface area contributed by atoms with Crippen LogP contribution in [0.4, 0.5) is 0 Å². The van der Waals surface area contributed by atoms with Gasteiger partial charge in [0.05, 0.1) is 0 Å². The lowest BCUT2D eigenvalue weighted by Gasteiger charge is -2.08. The van der Waals surface area contributed by atoms with Gasteiger partial charge < -0.3 is 5.32 Å². The summed E-state index contributed by atoms with van der Waals surface area (Å²) in [5.74, 6) is 0.623. The molecule has 94 valence electrons. The molecular formula is C13H17Cl2NO. The molecule has 1 N–H and O–H groups in total. The van der Waals surface area contributed by atoms with Crippen LogP contribution in [0.3, 0.4) is 0 Å². The van der Waals surface area contributed by atoms with E-state index >= 15 is 0 Å². The highest BCUT2D eigenvalue weighted by Gasteiger charge is 2.09. The van der Waals surface area contributed by atoms with Crippen molar-refractivity contribution in [1.29, 1.82) is 0 Å². The van der Waals surface area contributed by atoms with E-state index in [9.17, 15) is 4.79 Å². The fraction of sp³-hybridized carbons (Fsp3) is 0.462. The van der Waals surface area contributed by atoms with Crippen molar-refractivity contribution in [3.05, 3.63) is 34.3 Å². The van der Waals surface area contributed by atoms with E-state index < -0.39 is 0 Å². The van der Waals surface area contributed by atoms with Gasteiger partial charge in [0.15, 0.2) is 0 Å². The van der Waals surface area contributed by atoms with Crippen LogP contribution in [0.2, 0.25) is 5.02 Å². The van der Waals surface area contributed by atoms with Crippen molar-refractivity contribution in [1.82, 2.24) is 5.32 Å². The third-order valence-corrected chi connectivity index (χ3v) is 3.29. The lowest BCUT2D eigenvalue weighted by Crippen LogP contribution is -2.25. The van der Waals surface area contributed by atoms with E-state index in [0.29, 0.717) is 23.0 Å². The molecule has 0 radical (unpaired) electrons. The highest BCUT2D eigenvalue weighted by molar-refractivity contribution is 6.31. The molecule has 0 aliphatic carbocycles. The SMILES string of the molecule is Cc1c(Cl)cccc1C(=O)NCCCCCCl. The quantitative estimate of drug-likeness (QED) is 0.620. The van der Waals surface area contributed by atoms with Gasteiger partial charge in [-0.05, 0) is 37.5 Å². The molecule has 0 fully saturated rings. The monoisotopic (exact) mass is 273 g/mol. The summed E-state index contributed by atoms with van der Waals surface area (Å²) in [6, 6.07) is 5.36. The molecule has 0 atom stereocenters. The second-order valence-corrected chi connectivity index (χ2v) is 4.70. The predicted molar refractivity (Wildman–Crippen MR) is 73.1 cm³/mol. The van der Waals surface area contributed by atoms with Crippen molar-refractivity contribution in [2.45, 2.75) is 26.2 Å². The molecular weight excluding hydrogens is 257 g/mol. The summed E-state index contributed by atoms with van der Waals surface area (Å²) in [5, 5.41) is 3.51. The van der Waals surface area contributed by atoms with E-state index in [0.717, 1.165) is 24.8 Å². The summed E-state index contributed by atoms with van der Waals surface area (Å²) in [4.78, 5) is 11.9. The van der Waals surface area contributed by atoms with Gasteiger partial charge in [0, 0.05) is 23.0 Å². The number of unbranched alkanes of at least 4 members (excludes halogenated alkanes) is 2. The Morgan fingerprint density at radius 2 is 2.06 bits per heavy atom. The summed E-state index contributed by atoms with van der Waals surface area (Å²) in [6.45, 7) is 2.53. The maximum atomic E-state index is 11.9. The summed E-state index contributed by atoms with van der Waals surface area (Å²) >= 11 is 11.5. The molecule has 4 heteroatoms. The van der Waals surface area contributed by atoms with Crippen LogP contribution in [0, 0.1) is 6.92 Å². The second kappa shape index (κ2) is 7.57. The fourth-order valence-corrected chi connectivity index (χ4v) is 1.91. The topological polar surface area (TPSA) is 29.1 Å². The molecule has 0 saturated heterocycles. The molecule has 0 aliphatic rings. The minimum Gasteiger partial charge on any atom is -0.352 e. The standard InChI is InChI=1S/C13H17Cl2NO/c1-10-11(6-5-7-12(10)15)13(17)16-9-4-2-3-8-14/h5-7H,2-4,8-9H2,1H3,(H,16,17). The molecule has 0 aromatic heterocycles. The average molecular weight is 274 g/mol. The van der Waals surface area contributed by atoms with E-state index in [4.69, 9.17) is 23.2 Å². The number of carbonyl (C=O) groups excluding carboxylic acids is 1. The fourth-order valence-electron chi connectivity index (χ4n) is 1.55. The maximum Gasteiger partial charge on any atom is 0.251 e. The van der Waals surface area contributed by atoms with Crippen molar-refractivity contribution in [3.8, 4) is 0 Å². The van der Waals surface area contributed by atoms with Gasteiger partial charge in [0.1, 0.15) is 0 Å². The zero-order valence-electron chi connectivity index (χ0n) is 9.93. The zero-order chi connectivity index (χ0) is 12.7. The summed E-state index contributed by atoms with van der Waals surface area (Å²) < 4.78 is 0. The maximum absolute atomic E-state index is 11.9. The Morgan fingerprint density at radius 3 is 2.76 bits per heavy atom. The number of hydrogen-bond donors (Lipinski definition) is 1. The molecule has 17 heavy (non-hydrogen) atoms. The van der Waals surface area contributed by atoms with Gasteiger partial charge in [0.25, 0.3) is 5.91 Å².